The second-order valence-corrected chi connectivity index (χ2v) is 4.29. The van der Waals surface area contributed by atoms with E-state index in [4.69, 9.17) is 7.85 Å². The van der Waals surface area contributed by atoms with Crippen molar-refractivity contribution in [2.45, 2.75) is 46.0 Å². The van der Waals surface area contributed by atoms with Crippen LogP contribution in [0.2, 0.25) is 0 Å². The number of benzene rings is 1. The molecular weight excluding hydrogens is 179 g/mol. The lowest BCUT2D eigenvalue weighted by molar-refractivity contribution is 0.596. The highest BCUT2D eigenvalue weighted by Crippen LogP contribution is 2.37. The Balaban J connectivity index is 0.000000531. The highest BCUT2D eigenvalue weighted by atomic mass is 14.3. The molecule has 0 nitrogen and oxygen atoms in total. The monoisotopic (exact) mass is 200 g/mol. The molecule has 1 fully saturated rings. The lowest BCUT2D eigenvalue weighted by Crippen LogP contribution is -2.04. The van der Waals surface area contributed by atoms with Crippen LogP contribution in [0.3, 0.4) is 0 Å². The van der Waals surface area contributed by atoms with Crippen LogP contribution in [0.5, 0.6) is 0 Å². The molecule has 1 aliphatic rings. The van der Waals surface area contributed by atoms with Crippen molar-refractivity contribution in [1.82, 2.24) is 0 Å². The van der Waals surface area contributed by atoms with Crippen LogP contribution in [0.4, 0.5) is 0 Å². The van der Waals surface area contributed by atoms with Gasteiger partial charge in [-0.3, -0.25) is 0 Å². The van der Waals surface area contributed by atoms with Crippen LogP contribution in [-0.2, 0) is 0 Å². The standard InChI is InChI=1S/C12H15B.C2H6/c1-9-5-6-11(7-9)10-3-2-4-12(13)8-10;1-2/h2-4,8-9,11H,5-7H2,1H3;1-2H3/t9?,11-;/m0./s1. The molecule has 1 aromatic carbocycles. The second-order valence-electron chi connectivity index (χ2n) is 4.29. The van der Waals surface area contributed by atoms with Gasteiger partial charge in [-0.2, -0.15) is 0 Å². The Kier molecular flexibility index (Phi) is 4.94. The molecule has 0 amide bonds. The molecule has 2 radical (unpaired) electrons. The molecule has 0 bridgehead atoms. The van der Waals surface area contributed by atoms with E-state index in [1.165, 1.54) is 24.8 Å². The third-order valence-corrected chi connectivity index (χ3v) is 3.08. The molecule has 15 heavy (non-hydrogen) atoms. The van der Waals surface area contributed by atoms with Crippen molar-refractivity contribution in [2.75, 3.05) is 0 Å². The number of rotatable bonds is 1. The summed E-state index contributed by atoms with van der Waals surface area (Å²) in [4.78, 5) is 0. The summed E-state index contributed by atoms with van der Waals surface area (Å²) in [5.74, 6) is 1.66. The quantitative estimate of drug-likeness (QED) is 0.609. The summed E-state index contributed by atoms with van der Waals surface area (Å²) in [6, 6.07) is 8.36. The summed E-state index contributed by atoms with van der Waals surface area (Å²) in [5.41, 5.74) is 2.33. The maximum absolute atomic E-state index is 5.76. The average molecular weight is 200 g/mol. The lowest BCUT2D eigenvalue weighted by atomic mass is 9.89. The van der Waals surface area contributed by atoms with E-state index in [1.54, 1.807) is 0 Å². The van der Waals surface area contributed by atoms with Gasteiger partial charge in [-0.1, -0.05) is 56.9 Å². The fourth-order valence-electron chi connectivity index (χ4n) is 2.32. The third-order valence-electron chi connectivity index (χ3n) is 3.08. The van der Waals surface area contributed by atoms with E-state index in [9.17, 15) is 0 Å². The van der Waals surface area contributed by atoms with E-state index in [2.05, 4.69) is 25.1 Å². The minimum absolute atomic E-state index is 0.762. The van der Waals surface area contributed by atoms with Gasteiger partial charge in [-0.25, -0.2) is 0 Å². The first-order valence-electron chi connectivity index (χ1n) is 6.11. The summed E-state index contributed by atoms with van der Waals surface area (Å²) >= 11 is 0. The van der Waals surface area contributed by atoms with Crippen molar-refractivity contribution in [3.63, 3.8) is 0 Å². The van der Waals surface area contributed by atoms with Gasteiger partial charge in [0.2, 0.25) is 0 Å². The fourth-order valence-corrected chi connectivity index (χ4v) is 2.32. The normalized spacial score (nSPS) is 24.5. The third kappa shape index (κ3) is 3.41. The Morgan fingerprint density at radius 1 is 1.20 bits per heavy atom. The lowest BCUT2D eigenvalue weighted by Gasteiger charge is -2.10. The van der Waals surface area contributed by atoms with E-state index in [1.807, 2.05) is 19.9 Å². The molecule has 2 rings (SSSR count). The van der Waals surface area contributed by atoms with Crippen LogP contribution in [-0.4, -0.2) is 7.85 Å². The van der Waals surface area contributed by atoms with Crippen LogP contribution in [0.15, 0.2) is 24.3 Å². The Bertz CT molecular complexity index is 293. The van der Waals surface area contributed by atoms with Gasteiger partial charge in [-0.05, 0) is 30.2 Å². The van der Waals surface area contributed by atoms with Gasteiger partial charge < -0.3 is 0 Å². The highest BCUT2D eigenvalue weighted by molar-refractivity contribution is 6.32. The zero-order valence-corrected chi connectivity index (χ0v) is 10.2. The first kappa shape index (κ1) is 12.4. The van der Waals surface area contributed by atoms with Gasteiger partial charge in [-0.15, -0.1) is 0 Å². The summed E-state index contributed by atoms with van der Waals surface area (Å²) < 4.78 is 0. The minimum Gasteiger partial charge on any atom is -0.0964 e. The van der Waals surface area contributed by atoms with Crippen molar-refractivity contribution in [2.24, 2.45) is 5.92 Å². The molecule has 0 heterocycles. The Morgan fingerprint density at radius 2 is 1.93 bits per heavy atom. The second kappa shape index (κ2) is 6.00. The maximum atomic E-state index is 5.76. The van der Waals surface area contributed by atoms with Gasteiger partial charge in [0, 0.05) is 0 Å². The number of hydrogen-bond donors (Lipinski definition) is 0. The van der Waals surface area contributed by atoms with Crippen LogP contribution in [0, 0.1) is 5.92 Å². The highest BCUT2D eigenvalue weighted by Gasteiger charge is 2.22. The molecule has 0 saturated heterocycles. The van der Waals surface area contributed by atoms with Crippen molar-refractivity contribution in [3.05, 3.63) is 29.8 Å². The first-order valence-corrected chi connectivity index (χ1v) is 6.11. The largest absolute Gasteiger partial charge is 0.113 e. The Hall–Kier alpha value is -0.715. The SMILES string of the molecule is CC.[B]c1cccc([C@H]2CCC(C)C2)c1. The molecule has 1 saturated carbocycles. The zero-order valence-electron chi connectivity index (χ0n) is 10.2. The van der Waals surface area contributed by atoms with Gasteiger partial charge in [0.1, 0.15) is 7.85 Å². The molecule has 1 heteroatoms. The van der Waals surface area contributed by atoms with Gasteiger partial charge in [0.15, 0.2) is 0 Å². The fraction of sp³-hybridized carbons (Fsp3) is 0.571. The molecule has 1 aliphatic carbocycles. The maximum Gasteiger partial charge on any atom is 0.113 e. The smallest absolute Gasteiger partial charge is 0.0964 e. The minimum atomic E-state index is 0.762. The van der Waals surface area contributed by atoms with Gasteiger partial charge >= 0.3 is 0 Å². The van der Waals surface area contributed by atoms with Crippen molar-refractivity contribution < 1.29 is 0 Å². The van der Waals surface area contributed by atoms with Crippen LogP contribution in [0.1, 0.15) is 51.5 Å². The van der Waals surface area contributed by atoms with Crippen molar-refractivity contribution in [1.29, 1.82) is 0 Å². The molecule has 0 spiro atoms. The Morgan fingerprint density at radius 3 is 2.47 bits per heavy atom. The first-order chi connectivity index (χ1) is 7.25. The molecule has 0 N–H and O–H groups in total. The molecule has 1 aromatic rings. The topological polar surface area (TPSA) is 0 Å². The predicted molar refractivity (Wildman–Crippen MR) is 68.9 cm³/mol. The predicted octanol–water partition coefficient (Wildman–Crippen LogP) is 3.41. The van der Waals surface area contributed by atoms with Crippen molar-refractivity contribution >= 4 is 13.3 Å². The zero-order chi connectivity index (χ0) is 11.3. The molecule has 2 atom stereocenters. The number of hydrogen-bond acceptors (Lipinski definition) is 0. The molecule has 0 aliphatic heterocycles. The van der Waals surface area contributed by atoms with Crippen LogP contribution in [0.25, 0.3) is 0 Å². The summed E-state index contributed by atoms with van der Waals surface area (Å²) in [6.45, 7) is 6.34. The van der Waals surface area contributed by atoms with Crippen LogP contribution >= 0.6 is 0 Å². The summed E-state index contributed by atoms with van der Waals surface area (Å²) in [5, 5.41) is 0. The van der Waals surface area contributed by atoms with E-state index < -0.39 is 0 Å². The summed E-state index contributed by atoms with van der Waals surface area (Å²) in [7, 11) is 5.76. The molecule has 1 unspecified atom stereocenters. The van der Waals surface area contributed by atoms with E-state index in [0.29, 0.717) is 0 Å². The van der Waals surface area contributed by atoms with Crippen molar-refractivity contribution in [3.8, 4) is 0 Å². The molecule has 80 valence electrons. The summed E-state index contributed by atoms with van der Waals surface area (Å²) in [6.07, 6.45) is 4.05. The molecule has 0 aromatic heterocycles. The van der Waals surface area contributed by atoms with Gasteiger partial charge in [0.05, 0.1) is 0 Å². The van der Waals surface area contributed by atoms with Gasteiger partial charge in [0.25, 0.3) is 0 Å². The van der Waals surface area contributed by atoms with E-state index in [0.717, 1.165) is 17.3 Å². The molecular formula is C14H21B. The average Bonchev–Trinajstić information content (AvgIpc) is 2.68. The van der Waals surface area contributed by atoms with Crippen LogP contribution < -0.4 is 5.46 Å². The Labute approximate surface area is 95.5 Å². The van der Waals surface area contributed by atoms with E-state index in [-0.39, 0.29) is 0 Å². The van der Waals surface area contributed by atoms with E-state index >= 15 is 0 Å².